The minimum Gasteiger partial charge on any atom is -0.462 e. The number of hydrogen-bond donors (Lipinski definition) is 0. The van der Waals surface area contributed by atoms with Gasteiger partial charge in [-0.2, -0.15) is 0 Å². The van der Waals surface area contributed by atoms with Gasteiger partial charge in [0, 0.05) is 19.3 Å². The Hall–Kier alpha value is -2.63. The summed E-state index contributed by atoms with van der Waals surface area (Å²) in [7, 11) is 0. The number of unbranched alkanes of at least 4 members (excludes halogenated alkanes) is 39. The van der Waals surface area contributed by atoms with Crippen LogP contribution in [-0.2, 0) is 28.6 Å². The van der Waals surface area contributed by atoms with Crippen molar-refractivity contribution in [1.82, 2.24) is 0 Å². The third-order valence-electron chi connectivity index (χ3n) is 14.1. The quantitative estimate of drug-likeness (QED) is 0.0261. The summed E-state index contributed by atoms with van der Waals surface area (Å²) in [6.07, 6.45) is 76.1. The molecule has 0 aliphatic heterocycles. The predicted octanol–water partition coefficient (Wildman–Crippen LogP) is 21.4. The van der Waals surface area contributed by atoms with Gasteiger partial charge in [0.1, 0.15) is 13.2 Å². The first-order valence-corrected chi connectivity index (χ1v) is 31.6. The lowest BCUT2D eigenvalue weighted by Crippen LogP contribution is -2.30. The molecule has 1 unspecified atom stereocenters. The Bertz CT molecular complexity index is 1250. The van der Waals surface area contributed by atoms with Crippen molar-refractivity contribution in [1.29, 1.82) is 0 Å². The van der Waals surface area contributed by atoms with Crippen LogP contribution in [0.2, 0.25) is 0 Å². The first-order valence-electron chi connectivity index (χ1n) is 31.6. The summed E-state index contributed by atoms with van der Waals surface area (Å²) >= 11 is 0. The van der Waals surface area contributed by atoms with Gasteiger partial charge in [0.25, 0.3) is 0 Å². The molecule has 0 amide bonds. The molecule has 0 heterocycles. The van der Waals surface area contributed by atoms with Crippen molar-refractivity contribution >= 4 is 17.9 Å². The second-order valence-electron chi connectivity index (χ2n) is 21.3. The van der Waals surface area contributed by atoms with E-state index in [1.54, 1.807) is 0 Å². The van der Waals surface area contributed by atoms with E-state index in [4.69, 9.17) is 14.2 Å². The van der Waals surface area contributed by atoms with Crippen LogP contribution in [0.3, 0.4) is 0 Å². The van der Waals surface area contributed by atoms with E-state index in [2.05, 4.69) is 69.4 Å². The molecule has 0 fully saturated rings. The number of ether oxygens (including phenoxy) is 3. The number of carbonyl (C=O) groups is 3. The fraction of sp³-hybridized carbons (Fsp3) is 0.833. The largest absolute Gasteiger partial charge is 0.462 e. The molecule has 1 atom stereocenters. The number of hydrogen-bond acceptors (Lipinski definition) is 6. The van der Waals surface area contributed by atoms with Crippen molar-refractivity contribution in [2.24, 2.45) is 0 Å². The van der Waals surface area contributed by atoms with Crippen LogP contribution in [0.1, 0.15) is 335 Å². The average molecular weight is 1010 g/mol. The van der Waals surface area contributed by atoms with Crippen LogP contribution < -0.4 is 0 Å². The molecule has 72 heavy (non-hydrogen) atoms. The molecule has 0 aromatic heterocycles. The van der Waals surface area contributed by atoms with E-state index in [1.165, 1.54) is 199 Å². The lowest BCUT2D eigenvalue weighted by molar-refractivity contribution is -0.167. The topological polar surface area (TPSA) is 78.9 Å². The van der Waals surface area contributed by atoms with Crippen LogP contribution in [0.15, 0.2) is 48.6 Å². The van der Waals surface area contributed by atoms with Gasteiger partial charge in [-0.15, -0.1) is 0 Å². The van der Waals surface area contributed by atoms with Crippen molar-refractivity contribution in [3.05, 3.63) is 48.6 Å². The maximum atomic E-state index is 12.8. The van der Waals surface area contributed by atoms with Gasteiger partial charge in [0.05, 0.1) is 0 Å². The zero-order chi connectivity index (χ0) is 52.2. The SMILES string of the molecule is CCCCCC/C=C\C/C=C\CCCCCCCC(=O)OC(COC(=O)CCCCCCC)COC(=O)CCCCCCCCCCCCCCCCCCCCCCC/C=C\C/C=C\CCCCCCC. The molecule has 0 bridgehead atoms. The molecule has 6 heteroatoms. The summed E-state index contributed by atoms with van der Waals surface area (Å²) in [6.45, 7) is 6.55. The van der Waals surface area contributed by atoms with Gasteiger partial charge in [0.15, 0.2) is 6.10 Å². The lowest BCUT2D eigenvalue weighted by atomic mass is 10.0. The highest BCUT2D eigenvalue weighted by atomic mass is 16.6. The normalized spacial score (nSPS) is 12.3. The molecule has 0 saturated carbocycles. The van der Waals surface area contributed by atoms with Gasteiger partial charge < -0.3 is 14.2 Å². The highest BCUT2D eigenvalue weighted by molar-refractivity contribution is 5.71. The van der Waals surface area contributed by atoms with E-state index in [0.29, 0.717) is 19.3 Å². The molecule has 0 saturated heterocycles. The Labute approximate surface area is 448 Å². The van der Waals surface area contributed by atoms with Gasteiger partial charge in [-0.1, -0.05) is 281 Å². The van der Waals surface area contributed by atoms with Crippen molar-refractivity contribution < 1.29 is 28.6 Å². The molecular weight excluding hydrogens is 889 g/mol. The van der Waals surface area contributed by atoms with Crippen molar-refractivity contribution in [2.45, 2.75) is 341 Å². The fourth-order valence-corrected chi connectivity index (χ4v) is 9.27. The average Bonchev–Trinajstić information content (AvgIpc) is 3.38. The molecule has 0 rings (SSSR count). The van der Waals surface area contributed by atoms with Crippen LogP contribution in [0, 0.1) is 0 Å². The van der Waals surface area contributed by atoms with E-state index in [9.17, 15) is 14.4 Å². The highest BCUT2D eigenvalue weighted by Crippen LogP contribution is 2.17. The van der Waals surface area contributed by atoms with Crippen molar-refractivity contribution in [2.75, 3.05) is 13.2 Å². The van der Waals surface area contributed by atoms with Gasteiger partial charge in [0.2, 0.25) is 0 Å². The van der Waals surface area contributed by atoms with Crippen molar-refractivity contribution in [3.63, 3.8) is 0 Å². The Kier molecular flexibility index (Phi) is 58.7. The molecule has 0 aliphatic rings. The first-order chi connectivity index (χ1) is 35.5. The molecular formula is C66H120O6. The summed E-state index contributed by atoms with van der Waals surface area (Å²) in [5, 5.41) is 0. The van der Waals surface area contributed by atoms with E-state index < -0.39 is 6.10 Å². The van der Waals surface area contributed by atoms with Gasteiger partial charge in [-0.05, 0) is 83.5 Å². The highest BCUT2D eigenvalue weighted by Gasteiger charge is 2.19. The summed E-state index contributed by atoms with van der Waals surface area (Å²) in [5.74, 6) is -0.889. The van der Waals surface area contributed by atoms with E-state index in [1.807, 2.05) is 0 Å². The smallest absolute Gasteiger partial charge is 0.306 e. The number of rotatable bonds is 58. The lowest BCUT2D eigenvalue weighted by Gasteiger charge is -2.18. The number of esters is 3. The molecule has 6 nitrogen and oxygen atoms in total. The third kappa shape index (κ3) is 58.3. The number of allylic oxidation sites excluding steroid dienone is 8. The zero-order valence-electron chi connectivity index (χ0n) is 48.2. The first kappa shape index (κ1) is 69.4. The second-order valence-corrected chi connectivity index (χ2v) is 21.3. The predicted molar refractivity (Wildman–Crippen MR) is 312 cm³/mol. The minimum atomic E-state index is -0.774. The summed E-state index contributed by atoms with van der Waals surface area (Å²) in [4.78, 5) is 37.8. The fourth-order valence-electron chi connectivity index (χ4n) is 9.27. The van der Waals surface area contributed by atoms with Crippen LogP contribution in [0.5, 0.6) is 0 Å². The van der Waals surface area contributed by atoms with Gasteiger partial charge in [-0.3, -0.25) is 14.4 Å². The Morgan fingerprint density at radius 3 is 0.778 bits per heavy atom. The van der Waals surface area contributed by atoms with E-state index in [-0.39, 0.29) is 31.1 Å². The molecule has 0 aliphatic carbocycles. The standard InChI is InChI=1S/C66H120O6/c1-4-7-10-13-15-17-19-21-23-25-26-27-28-29-30-31-32-33-34-35-36-37-38-39-40-41-43-44-46-48-50-53-56-59-65(68)71-62-63(61-70-64(67)58-55-52-12-9-6-3)72-66(69)60-57-54-51-49-47-45-42-24-22-20-18-16-14-11-8-5-2/h18-21,24-26,42,63H,4-17,22-23,27-41,43-62H2,1-3H3/b20-18-,21-19-,26-25-,42-24-. The van der Waals surface area contributed by atoms with E-state index in [0.717, 1.165) is 96.3 Å². The maximum Gasteiger partial charge on any atom is 0.306 e. The number of carbonyl (C=O) groups excluding carboxylic acids is 3. The van der Waals surface area contributed by atoms with Crippen LogP contribution in [0.25, 0.3) is 0 Å². The van der Waals surface area contributed by atoms with Crippen LogP contribution in [0.4, 0.5) is 0 Å². The van der Waals surface area contributed by atoms with Crippen molar-refractivity contribution in [3.8, 4) is 0 Å². The summed E-state index contributed by atoms with van der Waals surface area (Å²) in [5.41, 5.74) is 0. The summed E-state index contributed by atoms with van der Waals surface area (Å²) < 4.78 is 16.7. The monoisotopic (exact) mass is 1010 g/mol. The van der Waals surface area contributed by atoms with Gasteiger partial charge in [-0.25, -0.2) is 0 Å². The zero-order valence-corrected chi connectivity index (χ0v) is 48.2. The molecule has 420 valence electrons. The Balaban J connectivity index is 3.91. The minimum absolute atomic E-state index is 0.0755. The molecule has 0 N–H and O–H groups in total. The van der Waals surface area contributed by atoms with Gasteiger partial charge >= 0.3 is 17.9 Å². The maximum absolute atomic E-state index is 12.8. The molecule has 0 radical (unpaired) electrons. The van der Waals surface area contributed by atoms with E-state index >= 15 is 0 Å². The summed E-state index contributed by atoms with van der Waals surface area (Å²) in [6, 6.07) is 0. The van der Waals surface area contributed by atoms with Crippen LogP contribution >= 0.6 is 0 Å². The third-order valence-corrected chi connectivity index (χ3v) is 14.1. The van der Waals surface area contributed by atoms with Crippen LogP contribution in [-0.4, -0.2) is 37.2 Å². The Morgan fingerprint density at radius 1 is 0.278 bits per heavy atom. The molecule has 0 aromatic carbocycles. The second kappa shape index (κ2) is 60.9. The molecule has 0 aromatic rings. The molecule has 0 spiro atoms. The Morgan fingerprint density at radius 2 is 0.500 bits per heavy atom.